The zero-order valence-corrected chi connectivity index (χ0v) is 32.8. The van der Waals surface area contributed by atoms with Crippen LogP contribution in [0.5, 0.6) is 11.5 Å². The van der Waals surface area contributed by atoms with Crippen molar-refractivity contribution in [3.05, 3.63) is 87.4 Å². The van der Waals surface area contributed by atoms with Gasteiger partial charge in [0.05, 0.1) is 38.2 Å². The number of sulfone groups is 1. The molecule has 2 aliphatic heterocycles. The summed E-state index contributed by atoms with van der Waals surface area (Å²) in [6, 6.07) is 15.6. The van der Waals surface area contributed by atoms with E-state index in [1.165, 1.54) is 39.7 Å². The van der Waals surface area contributed by atoms with Gasteiger partial charge in [0, 0.05) is 55.6 Å². The van der Waals surface area contributed by atoms with E-state index >= 15 is 0 Å². The third kappa shape index (κ3) is 8.84. The number of amides is 2. The first-order valence-corrected chi connectivity index (χ1v) is 20.9. The topological polar surface area (TPSA) is 138 Å². The van der Waals surface area contributed by atoms with Crippen LogP contribution in [0, 0.1) is 0 Å². The molecule has 0 N–H and O–H groups in total. The number of urea groups is 1. The summed E-state index contributed by atoms with van der Waals surface area (Å²) in [4.78, 5) is 30.5. The van der Waals surface area contributed by atoms with Crippen molar-refractivity contribution < 1.29 is 35.9 Å². The first-order valence-electron chi connectivity index (χ1n) is 16.6. The maximum absolute atomic E-state index is 15.0. The van der Waals surface area contributed by atoms with E-state index in [2.05, 4.69) is 4.90 Å². The van der Waals surface area contributed by atoms with Crippen molar-refractivity contribution in [2.24, 2.45) is 4.99 Å². The number of aliphatic imine (C=N–C) groups is 1. The number of sulfonamides is 1. The molecule has 0 saturated carbocycles. The van der Waals surface area contributed by atoms with Crippen molar-refractivity contribution in [3.63, 3.8) is 0 Å². The summed E-state index contributed by atoms with van der Waals surface area (Å²) in [5.41, 5.74) is 1.77. The normalized spacial score (nSPS) is 18.5. The molecular formula is C35H43Cl2N5O8S2. The predicted molar refractivity (Wildman–Crippen MR) is 201 cm³/mol. The van der Waals surface area contributed by atoms with Crippen LogP contribution < -0.4 is 9.47 Å². The van der Waals surface area contributed by atoms with Crippen molar-refractivity contribution in [2.75, 3.05) is 72.6 Å². The third-order valence-corrected chi connectivity index (χ3v) is 12.2. The molecule has 0 aliphatic carbocycles. The van der Waals surface area contributed by atoms with Crippen LogP contribution in [0.4, 0.5) is 4.79 Å². The maximum atomic E-state index is 15.0. The Kier molecular flexibility index (Phi) is 12.8. The van der Waals surface area contributed by atoms with E-state index in [-0.39, 0.29) is 46.2 Å². The highest BCUT2D eigenvalue weighted by atomic mass is 35.5. The Morgan fingerprint density at radius 3 is 2.04 bits per heavy atom. The fourth-order valence-electron chi connectivity index (χ4n) is 6.31. The van der Waals surface area contributed by atoms with E-state index in [1.807, 2.05) is 24.3 Å². The van der Waals surface area contributed by atoms with Gasteiger partial charge in [0.25, 0.3) is 10.0 Å². The summed E-state index contributed by atoms with van der Waals surface area (Å²) in [6.45, 7) is 4.44. The van der Waals surface area contributed by atoms with Gasteiger partial charge in [0.2, 0.25) is 0 Å². The molecule has 0 aromatic heterocycles. The van der Waals surface area contributed by atoms with Crippen LogP contribution in [0.1, 0.15) is 42.1 Å². The predicted octanol–water partition coefficient (Wildman–Crippen LogP) is 5.30. The fourth-order valence-corrected chi connectivity index (χ4v) is 8.35. The molecule has 0 bridgehead atoms. The summed E-state index contributed by atoms with van der Waals surface area (Å²) in [5.74, 6) is 0.569. The van der Waals surface area contributed by atoms with Crippen molar-refractivity contribution in [1.29, 1.82) is 0 Å². The van der Waals surface area contributed by atoms with Gasteiger partial charge in [-0.1, -0.05) is 51.9 Å². The highest BCUT2D eigenvalue weighted by molar-refractivity contribution is 7.90. The van der Waals surface area contributed by atoms with E-state index in [0.717, 1.165) is 15.6 Å². The van der Waals surface area contributed by atoms with E-state index in [0.29, 0.717) is 49.2 Å². The molecule has 0 spiro atoms. The van der Waals surface area contributed by atoms with E-state index in [9.17, 15) is 21.6 Å². The average molecular weight is 797 g/mol. The Hall–Kier alpha value is -3.44. The number of carbonyl (C=O) groups excluding carboxylic acids is 1. The van der Waals surface area contributed by atoms with E-state index < -0.39 is 31.9 Å². The number of benzene rings is 3. The second-order valence-corrected chi connectivity index (χ2v) is 17.5. The molecule has 17 heteroatoms. The maximum Gasteiger partial charge on any atom is 0.326 e. The number of rotatable bonds is 13. The minimum atomic E-state index is -4.25. The molecule has 282 valence electrons. The lowest BCUT2D eigenvalue weighted by Crippen LogP contribution is -2.54. The average Bonchev–Trinajstić information content (AvgIpc) is 3.51. The van der Waals surface area contributed by atoms with Crippen LogP contribution >= 0.6 is 23.2 Å². The van der Waals surface area contributed by atoms with E-state index in [4.69, 9.17) is 42.5 Å². The summed E-state index contributed by atoms with van der Waals surface area (Å²) >= 11 is 12.6. The summed E-state index contributed by atoms with van der Waals surface area (Å²) in [5, 5.41) is 1.05. The Morgan fingerprint density at radius 2 is 1.50 bits per heavy atom. The van der Waals surface area contributed by atoms with Crippen molar-refractivity contribution in [2.45, 2.75) is 30.3 Å². The number of hydroxylamine groups is 1. The lowest BCUT2D eigenvalue weighted by molar-refractivity contribution is -0.0259. The van der Waals surface area contributed by atoms with Gasteiger partial charge in [-0.2, -0.15) is 0 Å². The van der Waals surface area contributed by atoms with Crippen molar-refractivity contribution >= 4 is 54.9 Å². The zero-order valence-electron chi connectivity index (χ0n) is 29.7. The van der Waals surface area contributed by atoms with Gasteiger partial charge in [-0.3, -0.25) is 19.6 Å². The molecule has 13 nitrogen and oxygen atoms in total. The molecule has 0 unspecified atom stereocenters. The number of carbonyl (C=O) groups is 1. The van der Waals surface area contributed by atoms with Crippen LogP contribution in [0.15, 0.2) is 70.6 Å². The van der Waals surface area contributed by atoms with Gasteiger partial charge < -0.3 is 14.4 Å². The molecule has 1 fully saturated rings. The van der Waals surface area contributed by atoms with E-state index in [1.54, 1.807) is 41.0 Å². The highest BCUT2D eigenvalue weighted by Crippen LogP contribution is 2.46. The standard InChI is InChI=1S/C35H43Cl2N5O8S2/c1-6-50-29-23-30(48-3)31(52(46,47)39(2)49-4)22-28(29)34-38-32(24-8-12-26(36)13-9-24)33(25-10-14-27(37)15-11-25)42(34)35(43)41-19-17-40(18-20-41)16-7-21-51(5,44)45/h8-15,22-23,32-33H,6-7,16-21H2,1-5H3/t32-,33+/m0/s1. The summed E-state index contributed by atoms with van der Waals surface area (Å²) in [6.07, 6.45) is 1.72. The van der Waals surface area contributed by atoms with Crippen LogP contribution in [0.2, 0.25) is 10.0 Å². The van der Waals surface area contributed by atoms with Crippen LogP contribution in [0.3, 0.4) is 0 Å². The second kappa shape index (κ2) is 16.7. The highest BCUT2D eigenvalue weighted by Gasteiger charge is 2.45. The SMILES string of the molecule is CCOc1cc(OC)c(S(=O)(=O)N(C)OC)cc1C1=N[C@@H](c2ccc(Cl)cc2)[C@@H](c2ccc(Cl)cc2)N1C(=O)N1CCN(CCCS(C)(=O)=O)CC1. The molecule has 52 heavy (non-hydrogen) atoms. The molecule has 3 aromatic carbocycles. The number of methoxy groups -OCH3 is 1. The number of hydrogen-bond acceptors (Lipinski definition) is 10. The summed E-state index contributed by atoms with van der Waals surface area (Å²) in [7, 11) is -3.47. The summed E-state index contributed by atoms with van der Waals surface area (Å²) < 4.78 is 63.1. The molecule has 2 amide bonds. The minimum absolute atomic E-state index is 0.0167. The molecular weight excluding hydrogens is 753 g/mol. The van der Waals surface area contributed by atoms with Gasteiger partial charge in [-0.05, 0) is 61.3 Å². The first kappa shape index (κ1) is 39.8. The number of hydrogen-bond donors (Lipinski definition) is 0. The van der Waals surface area contributed by atoms with Gasteiger partial charge >= 0.3 is 6.03 Å². The molecule has 2 atom stereocenters. The second-order valence-electron chi connectivity index (χ2n) is 12.4. The number of ether oxygens (including phenoxy) is 2. The Bertz CT molecular complexity index is 1990. The monoisotopic (exact) mass is 795 g/mol. The van der Waals surface area contributed by atoms with Gasteiger partial charge in [0.1, 0.15) is 38.1 Å². The molecule has 1 saturated heterocycles. The van der Waals surface area contributed by atoms with Crippen LogP contribution in [0.25, 0.3) is 0 Å². The molecule has 2 aliphatic rings. The van der Waals surface area contributed by atoms with Crippen LogP contribution in [-0.4, -0.2) is 120 Å². The van der Waals surface area contributed by atoms with Crippen LogP contribution in [-0.2, 0) is 24.7 Å². The van der Waals surface area contributed by atoms with Crippen molar-refractivity contribution in [3.8, 4) is 11.5 Å². The van der Waals surface area contributed by atoms with Gasteiger partial charge in [-0.15, -0.1) is 0 Å². The smallest absolute Gasteiger partial charge is 0.326 e. The van der Waals surface area contributed by atoms with Gasteiger partial charge in [-0.25, -0.2) is 21.6 Å². The number of piperazine rings is 1. The first-order chi connectivity index (χ1) is 24.7. The number of halogens is 2. The fraction of sp³-hybridized carbons (Fsp3) is 0.429. The lowest BCUT2D eigenvalue weighted by atomic mass is 9.93. The molecule has 3 aromatic rings. The molecule has 5 rings (SSSR count). The zero-order chi connectivity index (χ0) is 37.8. The van der Waals surface area contributed by atoms with Gasteiger partial charge in [0.15, 0.2) is 0 Å². The quantitative estimate of drug-likeness (QED) is 0.211. The molecule has 2 heterocycles. The third-order valence-electron chi connectivity index (χ3n) is 9.01. The molecule has 0 radical (unpaired) electrons. The largest absolute Gasteiger partial charge is 0.495 e. The Balaban J connectivity index is 1.66. The Labute approximate surface area is 315 Å². The number of nitrogens with zero attached hydrogens (tertiary/aromatic N) is 5. The minimum Gasteiger partial charge on any atom is -0.495 e. The Morgan fingerprint density at radius 1 is 0.904 bits per heavy atom. The lowest BCUT2D eigenvalue weighted by Gasteiger charge is -2.39. The van der Waals surface area contributed by atoms with Crippen molar-refractivity contribution in [1.82, 2.24) is 19.2 Å². The number of amidine groups is 1.